The van der Waals surface area contributed by atoms with E-state index >= 15 is 0 Å². The van der Waals surface area contributed by atoms with Gasteiger partial charge in [0, 0.05) is 5.56 Å². The SMILES string of the molecule is CC.Cc1ccc(NC(=O)OC(C)(C)C)c([N+](=O)[O-])c1C. The molecule has 0 aliphatic rings. The summed E-state index contributed by atoms with van der Waals surface area (Å²) in [5.74, 6) is 0. The van der Waals surface area contributed by atoms with Crippen LogP contribution in [0.5, 0.6) is 0 Å². The number of carbonyl (C=O) groups is 1. The van der Waals surface area contributed by atoms with E-state index in [-0.39, 0.29) is 11.4 Å². The van der Waals surface area contributed by atoms with Crippen LogP contribution in [0.1, 0.15) is 45.7 Å². The van der Waals surface area contributed by atoms with Crippen LogP contribution in [0.4, 0.5) is 16.2 Å². The lowest BCUT2D eigenvalue weighted by atomic mass is 10.1. The van der Waals surface area contributed by atoms with Gasteiger partial charge in [0.15, 0.2) is 0 Å². The molecule has 1 rings (SSSR count). The summed E-state index contributed by atoms with van der Waals surface area (Å²) in [6, 6.07) is 3.22. The molecule has 6 heteroatoms. The Labute approximate surface area is 125 Å². The van der Waals surface area contributed by atoms with Gasteiger partial charge >= 0.3 is 6.09 Å². The molecule has 0 fully saturated rings. The van der Waals surface area contributed by atoms with E-state index in [1.165, 1.54) is 6.07 Å². The van der Waals surface area contributed by atoms with E-state index in [1.54, 1.807) is 40.7 Å². The molecule has 0 saturated carbocycles. The highest BCUT2D eigenvalue weighted by Gasteiger charge is 2.23. The average molecular weight is 296 g/mol. The molecule has 0 radical (unpaired) electrons. The molecule has 1 amide bonds. The molecule has 0 spiro atoms. The molecule has 0 unspecified atom stereocenters. The number of amides is 1. The van der Waals surface area contributed by atoms with Gasteiger partial charge in [-0.2, -0.15) is 0 Å². The maximum absolute atomic E-state index is 11.6. The second-order valence-corrected chi connectivity index (χ2v) is 5.29. The molecule has 0 aromatic heterocycles. The maximum atomic E-state index is 11.6. The molecule has 0 heterocycles. The van der Waals surface area contributed by atoms with Gasteiger partial charge in [-0.3, -0.25) is 15.4 Å². The van der Waals surface area contributed by atoms with Crippen LogP contribution in [-0.4, -0.2) is 16.6 Å². The highest BCUT2D eigenvalue weighted by atomic mass is 16.6. The van der Waals surface area contributed by atoms with Crippen molar-refractivity contribution in [1.82, 2.24) is 0 Å². The van der Waals surface area contributed by atoms with Crippen LogP contribution in [0, 0.1) is 24.0 Å². The van der Waals surface area contributed by atoms with Crippen molar-refractivity contribution in [2.45, 2.75) is 54.1 Å². The molecular formula is C15H24N2O4. The van der Waals surface area contributed by atoms with Crippen LogP contribution in [0.15, 0.2) is 12.1 Å². The van der Waals surface area contributed by atoms with Gasteiger partial charge in [0.2, 0.25) is 0 Å². The lowest BCUT2D eigenvalue weighted by Gasteiger charge is -2.19. The number of ether oxygens (including phenoxy) is 1. The summed E-state index contributed by atoms with van der Waals surface area (Å²) in [5.41, 5.74) is 0.701. The number of nitro benzene ring substituents is 1. The number of rotatable bonds is 2. The molecule has 1 N–H and O–H groups in total. The van der Waals surface area contributed by atoms with Crippen LogP contribution < -0.4 is 5.32 Å². The Morgan fingerprint density at radius 2 is 1.76 bits per heavy atom. The van der Waals surface area contributed by atoms with E-state index in [0.717, 1.165) is 5.56 Å². The van der Waals surface area contributed by atoms with E-state index in [4.69, 9.17) is 4.74 Å². The summed E-state index contributed by atoms with van der Waals surface area (Å²) in [7, 11) is 0. The van der Waals surface area contributed by atoms with E-state index in [9.17, 15) is 14.9 Å². The number of nitrogens with zero attached hydrogens (tertiary/aromatic N) is 1. The summed E-state index contributed by atoms with van der Waals surface area (Å²) in [6.45, 7) is 12.6. The summed E-state index contributed by atoms with van der Waals surface area (Å²) in [5, 5.41) is 13.5. The first-order valence-corrected chi connectivity index (χ1v) is 6.86. The lowest BCUT2D eigenvalue weighted by molar-refractivity contribution is -0.384. The van der Waals surface area contributed by atoms with Gasteiger partial charge in [0.1, 0.15) is 11.3 Å². The summed E-state index contributed by atoms with van der Waals surface area (Å²) in [6.07, 6.45) is -0.709. The third-order valence-electron chi connectivity index (χ3n) is 2.52. The van der Waals surface area contributed by atoms with E-state index < -0.39 is 16.6 Å². The lowest BCUT2D eigenvalue weighted by Crippen LogP contribution is -2.27. The van der Waals surface area contributed by atoms with E-state index in [1.807, 2.05) is 13.8 Å². The Morgan fingerprint density at radius 3 is 2.19 bits per heavy atom. The first-order chi connectivity index (χ1) is 9.61. The highest BCUT2D eigenvalue weighted by Crippen LogP contribution is 2.30. The molecule has 0 atom stereocenters. The zero-order valence-electron chi connectivity index (χ0n) is 13.7. The maximum Gasteiger partial charge on any atom is 0.412 e. The molecule has 0 saturated heterocycles. The minimum absolute atomic E-state index is 0.106. The van der Waals surface area contributed by atoms with Gasteiger partial charge in [-0.15, -0.1) is 0 Å². The Morgan fingerprint density at radius 1 is 1.24 bits per heavy atom. The van der Waals surface area contributed by atoms with Gasteiger partial charge in [-0.1, -0.05) is 19.9 Å². The van der Waals surface area contributed by atoms with Crippen molar-refractivity contribution in [3.8, 4) is 0 Å². The van der Waals surface area contributed by atoms with Crippen molar-refractivity contribution in [3.05, 3.63) is 33.4 Å². The van der Waals surface area contributed by atoms with Crippen molar-refractivity contribution in [2.75, 3.05) is 5.32 Å². The predicted octanol–water partition coefficient (Wildman–Crippen LogP) is 4.58. The first kappa shape index (κ1) is 18.9. The molecule has 0 bridgehead atoms. The molecule has 6 nitrogen and oxygen atoms in total. The van der Waals surface area contributed by atoms with Crippen molar-refractivity contribution < 1.29 is 14.5 Å². The minimum atomic E-state index is -0.709. The number of anilines is 1. The number of nitro groups is 1. The second-order valence-electron chi connectivity index (χ2n) is 5.29. The van der Waals surface area contributed by atoms with Gasteiger partial charge < -0.3 is 4.74 Å². The molecule has 118 valence electrons. The molecule has 0 aliphatic carbocycles. The number of hydrogen-bond donors (Lipinski definition) is 1. The molecule has 21 heavy (non-hydrogen) atoms. The smallest absolute Gasteiger partial charge is 0.412 e. The normalized spacial score (nSPS) is 10.2. The van der Waals surface area contributed by atoms with Crippen molar-refractivity contribution in [2.24, 2.45) is 0 Å². The van der Waals surface area contributed by atoms with Gasteiger partial charge in [-0.25, -0.2) is 4.79 Å². The summed E-state index contributed by atoms with van der Waals surface area (Å²) < 4.78 is 5.07. The topological polar surface area (TPSA) is 81.5 Å². The molecular weight excluding hydrogens is 272 g/mol. The molecule has 0 aliphatic heterocycles. The van der Waals surface area contributed by atoms with Gasteiger partial charge in [-0.05, 0) is 46.2 Å². The number of carbonyl (C=O) groups excluding carboxylic acids is 1. The monoisotopic (exact) mass is 296 g/mol. The fourth-order valence-corrected chi connectivity index (χ4v) is 1.55. The molecule has 1 aromatic rings. The standard InChI is InChI=1S/C13H18N2O4.C2H6/c1-8-6-7-10(11(9(8)2)15(17)18)14-12(16)19-13(3,4)5;1-2/h6-7H,1-5H3,(H,14,16);1-2H3. The Balaban J connectivity index is 0.00000191. The second kappa shape index (κ2) is 7.61. The van der Waals surface area contributed by atoms with Crippen LogP contribution in [0.3, 0.4) is 0 Å². The minimum Gasteiger partial charge on any atom is -0.444 e. The number of benzene rings is 1. The zero-order chi connectivity index (χ0) is 16.8. The van der Waals surface area contributed by atoms with Gasteiger partial charge in [0.05, 0.1) is 4.92 Å². The average Bonchev–Trinajstić information content (AvgIpc) is 2.33. The van der Waals surface area contributed by atoms with Crippen LogP contribution >= 0.6 is 0 Å². The number of aryl methyl sites for hydroxylation is 1. The van der Waals surface area contributed by atoms with E-state index in [0.29, 0.717) is 5.56 Å². The molecule has 1 aromatic carbocycles. The summed E-state index contributed by atoms with van der Waals surface area (Å²) in [4.78, 5) is 22.2. The zero-order valence-corrected chi connectivity index (χ0v) is 13.7. The predicted molar refractivity (Wildman–Crippen MR) is 83.8 cm³/mol. The fraction of sp³-hybridized carbons (Fsp3) is 0.533. The first-order valence-electron chi connectivity index (χ1n) is 6.86. The number of hydrogen-bond acceptors (Lipinski definition) is 4. The Hall–Kier alpha value is -2.11. The van der Waals surface area contributed by atoms with Crippen LogP contribution in [-0.2, 0) is 4.74 Å². The van der Waals surface area contributed by atoms with Gasteiger partial charge in [0.25, 0.3) is 5.69 Å². The van der Waals surface area contributed by atoms with Crippen LogP contribution in [0.25, 0.3) is 0 Å². The van der Waals surface area contributed by atoms with E-state index in [2.05, 4.69) is 5.32 Å². The highest BCUT2D eigenvalue weighted by molar-refractivity contribution is 5.88. The largest absolute Gasteiger partial charge is 0.444 e. The summed E-state index contributed by atoms with van der Waals surface area (Å²) >= 11 is 0. The third kappa shape index (κ3) is 5.81. The van der Waals surface area contributed by atoms with Crippen molar-refractivity contribution in [1.29, 1.82) is 0 Å². The fourth-order valence-electron chi connectivity index (χ4n) is 1.55. The van der Waals surface area contributed by atoms with Crippen molar-refractivity contribution >= 4 is 17.5 Å². The quantitative estimate of drug-likeness (QED) is 0.639. The third-order valence-corrected chi connectivity index (χ3v) is 2.52. The number of nitrogens with one attached hydrogen (secondary N) is 1. The Kier molecular flexibility index (Phi) is 6.85. The van der Waals surface area contributed by atoms with Crippen LogP contribution in [0.2, 0.25) is 0 Å². The van der Waals surface area contributed by atoms with Crippen molar-refractivity contribution in [3.63, 3.8) is 0 Å². The Bertz CT molecular complexity index is 519.